The fourth-order valence-electron chi connectivity index (χ4n) is 1.79. The molecule has 1 heterocycles. The summed E-state index contributed by atoms with van der Waals surface area (Å²) in [6.07, 6.45) is 0.364. The summed E-state index contributed by atoms with van der Waals surface area (Å²) in [6, 6.07) is 5.82. The molecular formula is C13H17NO4. The van der Waals surface area contributed by atoms with Gasteiger partial charge in [0, 0.05) is 18.7 Å². The largest absolute Gasteiger partial charge is 0.486 e. The average molecular weight is 251 g/mol. The molecule has 0 aliphatic carbocycles. The van der Waals surface area contributed by atoms with Crippen LogP contribution in [0.4, 0.5) is 0 Å². The number of hydrogen-bond donors (Lipinski definition) is 1. The topological polar surface area (TPSA) is 56.8 Å². The van der Waals surface area contributed by atoms with Gasteiger partial charge in [-0.15, -0.1) is 0 Å². The molecule has 5 heteroatoms. The fourth-order valence-corrected chi connectivity index (χ4v) is 1.79. The number of hydrogen-bond acceptors (Lipinski definition) is 5. The predicted molar refractivity (Wildman–Crippen MR) is 65.8 cm³/mol. The predicted octanol–water partition coefficient (Wildman–Crippen LogP) is 1.11. The van der Waals surface area contributed by atoms with E-state index in [1.807, 2.05) is 18.2 Å². The average Bonchev–Trinajstić information content (AvgIpc) is 2.43. The van der Waals surface area contributed by atoms with Crippen LogP contribution in [0.2, 0.25) is 0 Å². The van der Waals surface area contributed by atoms with E-state index in [0.29, 0.717) is 32.7 Å². The molecule has 0 amide bonds. The van der Waals surface area contributed by atoms with Gasteiger partial charge in [-0.2, -0.15) is 0 Å². The van der Waals surface area contributed by atoms with Gasteiger partial charge in [0.05, 0.1) is 13.5 Å². The number of carbonyl (C=O) groups is 1. The fraction of sp³-hybridized carbons (Fsp3) is 0.462. The number of methoxy groups -OCH3 is 1. The third kappa shape index (κ3) is 3.13. The second-order valence-electron chi connectivity index (χ2n) is 3.94. The van der Waals surface area contributed by atoms with E-state index in [-0.39, 0.29) is 5.97 Å². The first-order valence-electron chi connectivity index (χ1n) is 5.96. The third-order valence-electron chi connectivity index (χ3n) is 2.70. The second kappa shape index (κ2) is 6.26. The molecule has 98 valence electrons. The highest BCUT2D eigenvalue weighted by Crippen LogP contribution is 2.33. The van der Waals surface area contributed by atoms with Gasteiger partial charge in [0.2, 0.25) is 0 Å². The minimum absolute atomic E-state index is 0.211. The van der Waals surface area contributed by atoms with E-state index in [9.17, 15) is 4.79 Å². The van der Waals surface area contributed by atoms with Gasteiger partial charge in [-0.25, -0.2) is 0 Å². The SMILES string of the molecule is COC(=O)CCNCc1cccc2c1OCCO2. The lowest BCUT2D eigenvalue weighted by Gasteiger charge is -2.21. The molecule has 0 saturated carbocycles. The molecule has 0 radical (unpaired) electrons. The number of benzene rings is 1. The van der Waals surface area contributed by atoms with Crippen LogP contribution in [0.25, 0.3) is 0 Å². The summed E-state index contributed by atoms with van der Waals surface area (Å²) in [7, 11) is 1.39. The molecule has 1 aromatic carbocycles. The smallest absolute Gasteiger partial charge is 0.306 e. The van der Waals surface area contributed by atoms with Crippen LogP contribution in [0.3, 0.4) is 0 Å². The van der Waals surface area contributed by atoms with E-state index in [0.717, 1.165) is 17.1 Å². The number of ether oxygens (including phenoxy) is 3. The lowest BCUT2D eigenvalue weighted by Crippen LogP contribution is -2.21. The van der Waals surface area contributed by atoms with Gasteiger partial charge < -0.3 is 19.5 Å². The summed E-state index contributed by atoms with van der Waals surface area (Å²) >= 11 is 0. The van der Waals surface area contributed by atoms with Crippen molar-refractivity contribution < 1.29 is 19.0 Å². The molecular weight excluding hydrogens is 234 g/mol. The first kappa shape index (κ1) is 12.7. The second-order valence-corrected chi connectivity index (χ2v) is 3.94. The molecule has 0 saturated heterocycles. The van der Waals surface area contributed by atoms with E-state index in [1.54, 1.807) is 0 Å². The van der Waals surface area contributed by atoms with Crippen LogP contribution in [0, 0.1) is 0 Å². The maximum Gasteiger partial charge on any atom is 0.306 e. The van der Waals surface area contributed by atoms with Gasteiger partial charge >= 0.3 is 5.97 Å². The minimum Gasteiger partial charge on any atom is -0.486 e. The lowest BCUT2D eigenvalue weighted by molar-refractivity contribution is -0.140. The molecule has 18 heavy (non-hydrogen) atoms. The first-order valence-corrected chi connectivity index (χ1v) is 5.96. The van der Waals surface area contributed by atoms with Crippen molar-refractivity contribution >= 4 is 5.97 Å². The molecule has 0 unspecified atom stereocenters. The zero-order valence-electron chi connectivity index (χ0n) is 10.4. The Labute approximate surface area is 106 Å². The minimum atomic E-state index is -0.211. The van der Waals surface area contributed by atoms with E-state index in [2.05, 4.69) is 10.1 Å². The van der Waals surface area contributed by atoms with Crippen molar-refractivity contribution in [1.82, 2.24) is 5.32 Å². The Bertz CT molecular complexity index is 419. The molecule has 0 aromatic heterocycles. The molecule has 1 aliphatic heterocycles. The van der Waals surface area contributed by atoms with Crippen molar-refractivity contribution in [2.24, 2.45) is 0 Å². The number of fused-ring (bicyclic) bond motifs is 1. The molecule has 0 spiro atoms. The van der Waals surface area contributed by atoms with Crippen LogP contribution in [-0.4, -0.2) is 32.8 Å². The summed E-state index contributed by atoms with van der Waals surface area (Å²) in [5.74, 6) is 1.38. The van der Waals surface area contributed by atoms with Crippen LogP contribution in [0.5, 0.6) is 11.5 Å². The monoisotopic (exact) mass is 251 g/mol. The van der Waals surface area contributed by atoms with E-state index >= 15 is 0 Å². The molecule has 0 bridgehead atoms. The molecule has 1 aliphatic rings. The van der Waals surface area contributed by atoms with Gasteiger partial charge in [-0.1, -0.05) is 12.1 Å². The van der Waals surface area contributed by atoms with Gasteiger partial charge in [0.15, 0.2) is 11.5 Å². The number of para-hydroxylation sites is 1. The van der Waals surface area contributed by atoms with Crippen LogP contribution < -0.4 is 14.8 Å². The van der Waals surface area contributed by atoms with Gasteiger partial charge in [0.25, 0.3) is 0 Å². The zero-order valence-corrected chi connectivity index (χ0v) is 10.4. The van der Waals surface area contributed by atoms with Gasteiger partial charge in [0.1, 0.15) is 13.2 Å². The number of carbonyl (C=O) groups excluding carboxylic acids is 1. The highest BCUT2D eigenvalue weighted by atomic mass is 16.6. The molecule has 1 N–H and O–H groups in total. The maximum atomic E-state index is 10.9. The standard InChI is InChI=1S/C13H17NO4/c1-16-12(15)5-6-14-9-10-3-2-4-11-13(10)18-8-7-17-11/h2-4,14H,5-9H2,1H3. The summed E-state index contributed by atoms with van der Waals surface area (Å²) in [6.45, 7) is 2.39. The maximum absolute atomic E-state index is 10.9. The summed E-state index contributed by atoms with van der Waals surface area (Å²) in [5, 5.41) is 3.18. The third-order valence-corrected chi connectivity index (χ3v) is 2.70. The quantitative estimate of drug-likeness (QED) is 0.627. The normalized spacial score (nSPS) is 13.2. The Morgan fingerprint density at radius 1 is 1.39 bits per heavy atom. The van der Waals surface area contributed by atoms with Crippen LogP contribution in [-0.2, 0) is 16.1 Å². The van der Waals surface area contributed by atoms with Gasteiger partial charge in [-0.3, -0.25) is 4.79 Å². The van der Waals surface area contributed by atoms with Crippen molar-refractivity contribution in [3.05, 3.63) is 23.8 Å². The lowest BCUT2D eigenvalue weighted by atomic mass is 10.1. The van der Waals surface area contributed by atoms with Crippen molar-refractivity contribution in [1.29, 1.82) is 0 Å². The number of rotatable bonds is 5. The number of nitrogens with one attached hydrogen (secondary N) is 1. The molecule has 2 rings (SSSR count). The van der Waals surface area contributed by atoms with Crippen molar-refractivity contribution in [3.63, 3.8) is 0 Å². The molecule has 5 nitrogen and oxygen atoms in total. The Morgan fingerprint density at radius 3 is 3.06 bits per heavy atom. The van der Waals surface area contributed by atoms with Crippen molar-refractivity contribution in [2.75, 3.05) is 26.9 Å². The summed E-state index contributed by atoms with van der Waals surface area (Å²) < 4.78 is 15.7. The van der Waals surface area contributed by atoms with Crippen molar-refractivity contribution in [2.45, 2.75) is 13.0 Å². The molecule has 0 fully saturated rings. The van der Waals surface area contributed by atoms with Crippen LogP contribution in [0.1, 0.15) is 12.0 Å². The Hall–Kier alpha value is -1.75. The summed E-state index contributed by atoms with van der Waals surface area (Å²) in [5.41, 5.74) is 1.04. The van der Waals surface area contributed by atoms with E-state index < -0.39 is 0 Å². The Morgan fingerprint density at radius 2 is 2.22 bits per heavy atom. The molecule has 1 aromatic rings. The zero-order chi connectivity index (χ0) is 12.8. The Kier molecular flexibility index (Phi) is 4.41. The van der Waals surface area contributed by atoms with Crippen LogP contribution in [0.15, 0.2) is 18.2 Å². The van der Waals surface area contributed by atoms with E-state index in [4.69, 9.17) is 9.47 Å². The highest BCUT2D eigenvalue weighted by Gasteiger charge is 2.14. The first-order chi connectivity index (χ1) is 8.81. The number of esters is 1. The van der Waals surface area contributed by atoms with Gasteiger partial charge in [-0.05, 0) is 6.07 Å². The molecule has 0 atom stereocenters. The summed E-state index contributed by atoms with van der Waals surface area (Å²) in [4.78, 5) is 10.9. The highest BCUT2D eigenvalue weighted by molar-refractivity contribution is 5.69. The van der Waals surface area contributed by atoms with Crippen LogP contribution >= 0.6 is 0 Å². The van der Waals surface area contributed by atoms with Crippen molar-refractivity contribution in [3.8, 4) is 11.5 Å². The van der Waals surface area contributed by atoms with E-state index in [1.165, 1.54) is 7.11 Å². The Balaban J connectivity index is 1.88.